The molecule has 0 spiro atoms. The van der Waals surface area contributed by atoms with E-state index >= 15 is 4.39 Å². The highest BCUT2D eigenvalue weighted by Crippen LogP contribution is 2.47. The normalized spacial score (nSPS) is 22.7. The number of nitrogens with zero attached hydrogens (tertiary/aromatic N) is 4. The van der Waals surface area contributed by atoms with Crippen molar-refractivity contribution in [2.24, 2.45) is 5.92 Å². The van der Waals surface area contributed by atoms with E-state index in [1.807, 2.05) is 23.1 Å². The molecule has 2 N–H and O–H groups in total. The zero-order chi connectivity index (χ0) is 40.1. The Hall–Kier alpha value is -5.95. The number of benzene rings is 4. The van der Waals surface area contributed by atoms with Gasteiger partial charge in [0.2, 0.25) is 11.8 Å². The van der Waals surface area contributed by atoms with Gasteiger partial charge in [-0.05, 0) is 78.8 Å². The molecule has 300 valence electrons. The number of aromatic hydroxyl groups is 1. The first-order valence-corrected chi connectivity index (χ1v) is 20.1. The van der Waals surface area contributed by atoms with Gasteiger partial charge in [0.05, 0.1) is 30.5 Å². The summed E-state index contributed by atoms with van der Waals surface area (Å²) in [6.07, 6.45) is 2.20. The van der Waals surface area contributed by atoms with Crippen molar-refractivity contribution in [3.05, 3.63) is 112 Å². The second kappa shape index (κ2) is 15.4. The number of methoxy groups -OCH3 is 1. The van der Waals surface area contributed by atoms with Crippen LogP contribution in [-0.2, 0) is 9.59 Å². The molecule has 12 nitrogen and oxygen atoms in total. The number of piperidine rings is 2. The van der Waals surface area contributed by atoms with Crippen molar-refractivity contribution >= 4 is 35.0 Å². The summed E-state index contributed by atoms with van der Waals surface area (Å²) in [6.45, 7) is 6.02. The highest BCUT2D eigenvalue weighted by Gasteiger charge is 2.45. The summed E-state index contributed by atoms with van der Waals surface area (Å²) >= 11 is 0. The number of imide groups is 2. The molecule has 5 aliphatic heterocycles. The summed E-state index contributed by atoms with van der Waals surface area (Å²) in [7, 11) is 1.68. The van der Waals surface area contributed by atoms with Crippen molar-refractivity contribution in [2.75, 3.05) is 69.3 Å². The smallest absolute Gasteiger partial charge is 0.262 e. The molecule has 3 saturated heterocycles. The predicted octanol–water partition coefficient (Wildman–Crippen LogP) is 5.29. The fourth-order valence-electron chi connectivity index (χ4n) is 9.49. The van der Waals surface area contributed by atoms with E-state index in [2.05, 4.69) is 51.5 Å². The van der Waals surface area contributed by atoms with Crippen molar-refractivity contribution in [3.8, 4) is 17.2 Å². The first-order valence-electron chi connectivity index (χ1n) is 20.1. The number of rotatable bonds is 8. The van der Waals surface area contributed by atoms with E-state index in [-0.39, 0.29) is 47.2 Å². The van der Waals surface area contributed by atoms with Gasteiger partial charge in [-0.15, -0.1) is 0 Å². The average molecular weight is 788 g/mol. The van der Waals surface area contributed by atoms with Gasteiger partial charge in [-0.2, -0.15) is 0 Å². The van der Waals surface area contributed by atoms with E-state index in [9.17, 15) is 24.3 Å². The Morgan fingerprint density at radius 2 is 1.55 bits per heavy atom. The summed E-state index contributed by atoms with van der Waals surface area (Å²) in [5, 5.41) is 12.4. The maximum Gasteiger partial charge on any atom is 0.262 e. The minimum Gasteiger partial charge on any atom is -0.508 e. The number of halogens is 1. The first kappa shape index (κ1) is 37.6. The van der Waals surface area contributed by atoms with Crippen LogP contribution in [0.15, 0.2) is 78.9 Å². The van der Waals surface area contributed by atoms with Crippen LogP contribution in [0.2, 0.25) is 0 Å². The quantitative estimate of drug-likeness (QED) is 0.227. The third-order valence-electron chi connectivity index (χ3n) is 12.6. The summed E-state index contributed by atoms with van der Waals surface area (Å²) < 4.78 is 27.2. The molecule has 5 aliphatic rings. The Balaban J connectivity index is 0.804. The second-order valence-corrected chi connectivity index (χ2v) is 16.0. The SMILES string of the molecule is COc1cccc([C@H]2COc3cc(O)ccc3C2c2ccc(N3CCC(CN4CCN(c5cc6c(cc5F)C(=O)N(C5CCC(=O)NC5=O)C6=O)CC4)CC3)cc2)c1. The Bertz CT molecular complexity index is 2270. The Labute approximate surface area is 336 Å². The van der Waals surface area contributed by atoms with Crippen LogP contribution in [0, 0.1) is 11.7 Å². The maximum absolute atomic E-state index is 15.5. The van der Waals surface area contributed by atoms with Gasteiger partial charge in [0.1, 0.15) is 29.1 Å². The van der Waals surface area contributed by atoms with E-state index < -0.39 is 35.5 Å². The molecule has 0 radical (unpaired) electrons. The molecular formula is C45H46FN5O7. The predicted molar refractivity (Wildman–Crippen MR) is 214 cm³/mol. The molecule has 0 saturated carbocycles. The number of phenolic OH excluding ortho intramolecular Hbond substituents is 1. The molecule has 0 bridgehead atoms. The van der Waals surface area contributed by atoms with Crippen molar-refractivity contribution in [3.63, 3.8) is 0 Å². The van der Waals surface area contributed by atoms with Crippen LogP contribution in [0.25, 0.3) is 0 Å². The number of carbonyl (C=O) groups excluding carboxylic acids is 4. The van der Waals surface area contributed by atoms with Crippen LogP contribution < -0.4 is 24.6 Å². The number of phenols is 1. The van der Waals surface area contributed by atoms with Gasteiger partial charge in [-0.3, -0.25) is 34.3 Å². The standard InChI is InChI=1S/C45H46FN5O7/c1-57-32-4-2-3-29(21-32)36-26-58-40-22-31(52)9-10-33(40)42(36)28-5-7-30(8-6-28)49-15-13-27(14-16-49)25-48-17-19-50(20-18-48)39-24-35-34(23-37(39)46)44(55)51(45(35)56)38-11-12-41(53)47-43(38)54/h2-10,21-24,27,36,38,42,52H,11-20,25-26H2,1H3,(H,47,53,54)/t36-,38?,42?/m1/s1. The fraction of sp³-hybridized carbons (Fsp3) is 0.378. The van der Waals surface area contributed by atoms with Gasteiger partial charge in [-0.1, -0.05) is 30.3 Å². The molecule has 58 heavy (non-hydrogen) atoms. The number of hydrogen-bond donors (Lipinski definition) is 2. The number of fused-ring (bicyclic) bond motifs is 2. The number of nitrogens with one attached hydrogen (secondary N) is 1. The fourth-order valence-corrected chi connectivity index (χ4v) is 9.49. The molecule has 4 aromatic rings. The number of anilines is 2. The monoisotopic (exact) mass is 787 g/mol. The Morgan fingerprint density at radius 3 is 2.28 bits per heavy atom. The highest BCUT2D eigenvalue weighted by atomic mass is 19.1. The van der Waals surface area contributed by atoms with Crippen LogP contribution in [-0.4, -0.2) is 104 Å². The largest absolute Gasteiger partial charge is 0.508 e. The van der Waals surface area contributed by atoms with Crippen molar-refractivity contribution < 1.29 is 38.1 Å². The molecule has 3 atom stereocenters. The second-order valence-electron chi connectivity index (χ2n) is 16.0. The van der Waals surface area contributed by atoms with Gasteiger partial charge in [0, 0.05) is 81.4 Å². The third kappa shape index (κ3) is 7.01. The maximum atomic E-state index is 15.5. The molecule has 5 heterocycles. The van der Waals surface area contributed by atoms with Crippen molar-refractivity contribution in [1.29, 1.82) is 0 Å². The van der Waals surface area contributed by atoms with Crippen molar-refractivity contribution in [1.82, 2.24) is 15.1 Å². The summed E-state index contributed by atoms with van der Waals surface area (Å²) in [4.78, 5) is 58.2. The first-order chi connectivity index (χ1) is 28.1. The topological polar surface area (TPSA) is 132 Å². The number of carbonyl (C=O) groups is 4. The zero-order valence-corrected chi connectivity index (χ0v) is 32.4. The van der Waals surface area contributed by atoms with E-state index in [0.717, 1.165) is 73.4 Å². The molecular weight excluding hydrogens is 742 g/mol. The molecule has 0 aliphatic carbocycles. The average Bonchev–Trinajstić information content (AvgIpc) is 3.47. The number of ether oxygens (including phenoxy) is 2. The molecule has 4 amide bonds. The van der Waals surface area contributed by atoms with Crippen LogP contribution in [0.1, 0.15) is 74.9 Å². The summed E-state index contributed by atoms with van der Waals surface area (Å²) in [6, 6.07) is 23.9. The van der Waals surface area contributed by atoms with Crippen LogP contribution in [0.5, 0.6) is 17.2 Å². The highest BCUT2D eigenvalue weighted by molar-refractivity contribution is 6.23. The molecule has 13 heteroatoms. The summed E-state index contributed by atoms with van der Waals surface area (Å²) in [5.41, 5.74) is 4.89. The minimum atomic E-state index is -1.09. The molecule has 2 unspecified atom stereocenters. The van der Waals surface area contributed by atoms with Crippen LogP contribution in [0.4, 0.5) is 15.8 Å². The van der Waals surface area contributed by atoms with Gasteiger partial charge >= 0.3 is 0 Å². The third-order valence-corrected chi connectivity index (χ3v) is 12.6. The number of piperazine rings is 1. The molecule has 4 aromatic carbocycles. The lowest BCUT2D eigenvalue weighted by Gasteiger charge is -2.40. The molecule has 3 fully saturated rings. The minimum absolute atomic E-state index is 0.0233. The van der Waals surface area contributed by atoms with Gasteiger partial charge < -0.3 is 24.4 Å². The Kier molecular flexibility index (Phi) is 10.0. The van der Waals surface area contributed by atoms with Gasteiger partial charge in [-0.25, -0.2) is 4.39 Å². The van der Waals surface area contributed by atoms with Gasteiger partial charge in [0.25, 0.3) is 11.8 Å². The van der Waals surface area contributed by atoms with E-state index in [1.165, 1.54) is 17.3 Å². The summed E-state index contributed by atoms with van der Waals surface area (Å²) in [5.74, 6) is -0.715. The Morgan fingerprint density at radius 1 is 0.810 bits per heavy atom. The number of hydrogen-bond acceptors (Lipinski definition) is 10. The molecule has 0 aromatic heterocycles. The van der Waals surface area contributed by atoms with Gasteiger partial charge in [0.15, 0.2) is 0 Å². The van der Waals surface area contributed by atoms with Crippen LogP contribution in [0.3, 0.4) is 0 Å². The van der Waals surface area contributed by atoms with E-state index in [1.54, 1.807) is 19.2 Å². The van der Waals surface area contributed by atoms with E-state index in [4.69, 9.17) is 9.47 Å². The van der Waals surface area contributed by atoms with Crippen LogP contribution >= 0.6 is 0 Å². The van der Waals surface area contributed by atoms with E-state index in [0.29, 0.717) is 31.4 Å². The zero-order valence-electron chi connectivity index (χ0n) is 32.4. The lowest BCUT2D eigenvalue weighted by molar-refractivity contribution is -0.136. The lowest BCUT2D eigenvalue weighted by atomic mass is 9.76. The number of amides is 4. The lowest BCUT2D eigenvalue weighted by Crippen LogP contribution is -2.54. The van der Waals surface area contributed by atoms with Crippen molar-refractivity contribution in [2.45, 2.75) is 43.6 Å². The molecule has 9 rings (SSSR count).